The van der Waals surface area contributed by atoms with Gasteiger partial charge in [-0.25, -0.2) is 4.39 Å². The van der Waals surface area contributed by atoms with E-state index in [0.29, 0.717) is 13.0 Å². The second kappa shape index (κ2) is 6.20. The molecule has 0 heterocycles. The third kappa shape index (κ3) is 3.69. The first-order chi connectivity index (χ1) is 9.19. The molecule has 0 bridgehead atoms. The molecule has 2 aromatic rings. The highest BCUT2D eigenvalue weighted by atomic mass is 19.1. The second-order valence-electron chi connectivity index (χ2n) is 4.31. The van der Waals surface area contributed by atoms with Crippen molar-refractivity contribution < 1.29 is 14.6 Å². The summed E-state index contributed by atoms with van der Waals surface area (Å²) >= 11 is 0. The molecule has 0 aliphatic rings. The Hall–Kier alpha value is -2.07. The molecular weight excluding hydrogens is 245 g/mol. The monoisotopic (exact) mass is 261 g/mol. The van der Waals surface area contributed by atoms with Gasteiger partial charge in [0.25, 0.3) is 0 Å². The van der Waals surface area contributed by atoms with E-state index in [1.165, 1.54) is 12.1 Å². The summed E-state index contributed by atoms with van der Waals surface area (Å²) in [7, 11) is 0. The van der Waals surface area contributed by atoms with Crippen molar-refractivity contribution in [2.24, 2.45) is 0 Å². The van der Waals surface area contributed by atoms with Crippen molar-refractivity contribution in [3.05, 3.63) is 59.4 Å². The molecule has 0 amide bonds. The van der Waals surface area contributed by atoms with Gasteiger partial charge in [0, 0.05) is 18.8 Å². The van der Waals surface area contributed by atoms with Crippen LogP contribution in [0, 0.1) is 5.82 Å². The zero-order valence-corrected chi connectivity index (χ0v) is 10.4. The lowest BCUT2D eigenvalue weighted by Crippen LogP contribution is -2.00. The maximum Gasteiger partial charge on any atom is 0.165 e. The summed E-state index contributed by atoms with van der Waals surface area (Å²) in [5.41, 5.74) is 2.76. The van der Waals surface area contributed by atoms with Crippen LogP contribution in [0.3, 0.4) is 0 Å². The lowest BCUT2D eigenvalue weighted by atomic mass is 10.1. The number of halogens is 1. The number of aliphatic hydroxyl groups excluding tert-OH is 1. The Bertz CT molecular complexity index is 540. The maximum atomic E-state index is 13.1. The summed E-state index contributed by atoms with van der Waals surface area (Å²) < 4.78 is 13.1. The number of nitrogens with one attached hydrogen (secondary N) is 1. The number of rotatable bonds is 5. The van der Waals surface area contributed by atoms with Crippen molar-refractivity contribution in [3.8, 4) is 5.75 Å². The Kier molecular flexibility index (Phi) is 4.36. The van der Waals surface area contributed by atoms with Crippen molar-refractivity contribution >= 4 is 5.69 Å². The summed E-state index contributed by atoms with van der Waals surface area (Å²) in [6.07, 6.45) is 0.642. The van der Waals surface area contributed by atoms with Gasteiger partial charge in [-0.1, -0.05) is 18.2 Å². The van der Waals surface area contributed by atoms with E-state index in [0.717, 1.165) is 16.8 Å². The van der Waals surface area contributed by atoms with Crippen LogP contribution in [0.2, 0.25) is 0 Å². The number of aliphatic hydroxyl groups is 1. The molecule has 2 aromatic carbocycles. The predicted molar refractivity (Wildman–Crippen MR) is 72.6 cm³/mol. The van der Waals surface area contributed by atoms with Crippen molar-refractivity contribution in [3.63, 3.8) is 0 Å². The summed E-state index contributed by atoms with van der Waals surface area (Å²) in [5, 5.41) is 21.1. The first-order valence-electron chi connectivity index (χ1n) is 6.10. The molecule has 19 heavy (non-hydrogen) atoms. The van der Waals surface area contributed by atoms with Gasteiger partial charge in [-0.05, 0) is 41.8 Å². The van der Waals surface area contributed by atoms with E-state index >= 15 is 0 Å². The van der Waals surface area contributed by atoms with E-state index in [4.69, 9.17) is 10.2 Å². The van der Waals surface area contributed by atoms with Crippen LogP contribution >= 0.6 is 0 Å². The number of anilines is 1. The van der Waals surface area contributed by atoms with E-state index in [2.05, 4.69) is 5.32 Å². The summed E-state index contributed by atoms with van der Waals surface area (Å²) in [6, 6.07) is 12.0. The first kappa shape index (κ1) is 13.4. The number of aromatic hydroxyl groups is 1. The molecular formula is C15H16FNO2. The van der Waals surface area contributed by atoms with Crippen LogP contribution in [0.25, 0.3) is 0 Å². The molecule has 4 heteroatoms. The summed E-state index contributed by atoms with van der Waals surface area (Å²) in [4.78, 5) is 0. The average molecular weight is 261 g/mol. The summed E-state index contributed by atoms with van der Waals surface area (Å²) in [5.74, 6) is -0.949. The number of benzene rings is 2. The maximum absolute atomic E-state index is 13.1. The minimum atomic E-state index is -0.613. The fraction of sp³-hybridized carbons (Fsp3) is 0.200. The van der Waals surface area contributed by atoms with Crippen LogP contribution in [0.15, 0.2) is 42.5 Å². The van der Waals surface area contributed by atoms with Gasteiger partial charge >= 0.3 is 0 Å². The molecule has 0 aromatic heterocycles. The summed E-state index contributed by atoms with van der Waals surface area (Å²) in [6.45, 7) is 0.621. The predicted octanol–water partition coefficient (Wildman–Crippen LogP) is 2.68. The zero-order valence-electron chi connectivity index (χ0n) is 10.4. The quantitative estimate of drug-likeness (QED) is 0.775. The molecule has 0 aliphatic heterocycles. The molecule has 0 atom stereocenters. The van der Waals surface area contributed by atoms with E-state index in [1.807, 2.05) is 24.3 Å². The molecule has 0 aliphatic carbocycles. The van der Waals surface area contributed by atoms with E-state index < -0.39 is 5.82 Å². The third-order valence-electron chi connectivity index (χ3n) is 2.86. The van der Waals surface area contributed by atoms with Crippen molar-refractivity contribution in [1.82, 2.24) is 0 Å². The molecule has 3 nitrogen and oxygen atoms in total. The molecule has 0 fully saturated rings. The fourth-order valence-corrected chi connectivity index (χ4v) is 1.78. The topological polar surface area (TPSA) is 52.5 Å². The van der Waals surface area contributed by atoms with Gasteiger partial charge in [0.1, 0.15) is 0 Å². The molecule has 0 saturated carbocycles. The van der Waals surface area contributed by atoms with Crippen molar-refractivity contribution in [2.75, 3.05) is 11.9 Å². The number of phenols is 1. The average Bonchev–Trinajstić information content (AvgIpc) is 2.42. The number of phenolic OH excluding ortho intramolecular Hbond substituents is 1. The van der Waals surface area contributed by atoms with Crippen LogP contribution in [0.1, 0.15) is 11.1 Å². The minimum absolute atomic E-state index is 0.138. The first-order valence-corrected chi connectivity index (χ1v) is 6.10. The standard InChI is InChI=1S/C15H16FNO2/c16-14-9-12(3-6-15(14)19)10-17-13-4-1-11(2-5-13)7-8-18/h1-6,9,17-19H,7-8,10H2. The van der Waals surface area contributed by atoms with Crippen LogP contribution in [0.5, 0.6) is 5.75 Å². The molecule has 0 radical (unpaired) electrons. The lowest BCUT2D eigenvalue weighted by Gasteiger charge is -2.08. The molecule has 100 valence electrons. The Morgan fingerprint density at radius 3 is 2.32 bits per heavy atom. The number of hydrogen-bond acceptors (Lipinski definition) is 3. The Labute approximate surface area is 111 Å². The number of hydrogen-bond donors (Lipinski definition) is 3. The SMILES string of the molecule is OCCc1ccc(NCc2ccc(O)c(F)c2)cc1. The molecule has 0 unspecified atom stereocenters. The van der Waals surface area contributed by atoms with Gasteiger partial charge < -0.3 is 15.5 Å². The Balaban J connectivity index is 1.96. The van der Waals surface area contributed by atoms with Gasteiger partial charge in [-0.3, -0.25) is 0 Å². The van der Waals surface area contributed by atoms with Gasteiger partial charge in [-0.15, -0.1) is 0 Å². The highest BCUT2D eigenvalue weighted by Crippen LogP contribution is 2.17. The van der Waals surface area contributed by atoms with Gasteiger partial charge in [0.2, 0.25) is 0 Å². The highest BCUT2D eigenvalue weighted by Gasteiger charge is 2.01. The minimum Gasteiger partial charge on any atom is -0.505 e. The van der Waals surface area contributed by atoms with E-state index in [1.54, 1.807) is 6.07 Å². The largest absolute Gasteiger partial charge is 0.505 e. The fourth-order valence-electron chi connectivity index (χ4n) is 1.78. The third-order valence-corrected chi connectivity index (χ3v) is 2.86. The molecule has 0 saturated heterocycles. The van der Waals surface area contributed by atoms with Crippen LogP contribution in [0.4, 0.5) is 10.1 Å². The zero-order chi connectivity index (χ0) is 13.7. The molecule has 0 spiro atoms. The smallest absolute Gasteiger partial charge is 0.165 e. The Morgan fingerprint density at radius 1 is 1.00 bits per heavy atom. The van der Waals surface area contributed by atoms with Crippen LogP contribution in [-0.2, 0) is 13.0 Å². The van der Waals surface area contributed by atoms with Crippen LogP contribution in [-0.4, -0.2) is 16.8 Å². The Morgan fingerprint density at radius 2 is 1.68 bits per heavy atom. The lowest BCUT2D eigenvalue weighted by molar-refractivity contribution is 0.299. The molecule has 2 rings (SSSR count). The van der Waals surface area contributed by atoms with Gasteiger partial charge in [-0.2, -0.15) is 0 Å². The van der Waals surface area contributed by atoms with Crippen molar-refractivity contribution in [1.29, 1.82) is 0 Å². The highest BCUT2D eigenvalue weighted by molar-refractivity contribution is 5.45. The van der Waals surface area contributed by atoms with Crippen LogP contribution < -0.4 is 5.32 Å². The van der Waals surface area contributed by atoms with Crippen molar-refractivity contribution in [2.45, 2.75) is 13.0 Å². The molecule has 3 N–H and O–H groups in total. The van der Waals surface area contributed by atoms with Gasteiger partial charge in [0.05, 0.1) is 0 Å². The second-order valence-corrected chi connectivity index (χ2v) is 4.31. The van der Waals surface area contributed by atoms with E-state index in [9.17, 15) is 4.39 Å². The van der Waals surface area contributed by atoms with E-state index in [-0.39, 0.29) is 12.4 Å². The van der Waals surface area contributed by atoms with Gasteiger partial charge in [0.15, 0.2) is 11.6 Å². The normalized spacial score (nSPS) is 10.4.